The van der Waals surface area contributed by atoms with E-state index < -0.39 is 43.2 Å². The fourth-order valence-electron chi connectivity index (χ4n) is 6.07. The molecule has 2 aliphatic carbocycles. The zero-order valence-electron chi connectivity index (χ0n) is 22.2. The second-order valence-corrected chi connectivity index (χ2v) is 12.8. The Balaban J connectivity index is 1.37. The van der Waals surface area contributed by atoms with E-state index in [4.69, 9.17) is 0 Å². The van der Waals surface area contributed by atoms with Gasteiger partial charge in [0.05, 0.1) is 52.1 Å². The molecule has 3 aromatic heterocycles. The quantitative estimate of drug-likeness (QED) is 0.285. The molecule has 41 heavy (non-hydrogen) atoms. The van der Waals surface area contributed by atoms with Gasteiger partial charge in [-0.25, -0.2) is 8.78 Å². The lowest BCUT2D eigenvalue weighted by Gasteiger charge is -2.34. The fraction of sp³-hybridized carbons (Fsp3) is 0.464. The molecule has 3 amide bonds. The van der Waals surface area contributed by atoms with Crippen LogP contribution in [0.15, 0.2) is 24.4 Å². The number of aryl methyl sites for hydroxylation is 1. The molecule has 3 aliphatic rings. The monoisotopic (exact) mass is 592 g/mol. The first-order valence-electron chi connectivity index (χ1n) is 13.0. The van der Waals surface area contributed by atoms with Crippen LogP contribution < -0.4 is 5.32 Å². The van der Waals surface area contributed by atoms with E-state index in [1.54, 1.807) is 12.1 Å². The first-order valence-corrected chi connectivity index (χ1v) is 13.9. The first-order chi connectivity index (χ1) is 19.1. The number of amides is 3. The van der Waals surface area contributed by atoms with E-state index in [0.29, 0.717) is 20.7 Å². The van der Waals surface area contributed by atoms with Crippen LogP contribution in [0.25, 0.3) is 21.3 Å². The fourth-order valence-corrected chi connectivity index (χ4v) is 7.20. The summed E-state index contributed by atoms with van der Waals surface area (Å²) >= 11 is 1.24. The van der Waals surface area contributed by atoms with Crippen molar-refractivity contribution >= 4 is 45.0 Å². The average Bonchev–Trinajstić information content (AvgIpc) is 3.08. The van der Waals surface area contributed by atoms with E-state index in [-0.39, 0.29) is 58.2 Å². The number of nitrogens with one attached hydrogen (secondary N) is 1. The molecule has 13 heteroatoms. The lowest BCUT2D eigenvalue weighted by molar-refractivity contribution is -0.145. The van der Waals surface area contributed by atoms with Crippen molar-refractivity contribution in [2.75, 3.05) is 5.32 Å². The van der Waals surface area contributed by atoms with Gasteiger partial charge in [0.25, 0.3) is 0 Å². The predicted molar refractivity (Wildman–Crippen MR) is 140 cm³/mol. The van der Waals surface area contributed by atoms with Crippen LogP contribution in [0.2, 0.25) is 0 Å². The average molecular weight is 593 g/mol. The molecule has 0 bridgehead atoms. The minimum absolute atomic E-state index is 0.0510. The summed E-state index contributed by atoms with van der Waals surface area (Å²) in [6, 6.07) is 4.55. The van der Waals surface area contributed by atoms with Crippen LogP contribution in [-0.4, -0.2) is 44.7 Å². The van der Waals surface area contributed by atoms with Gasteiger partial charge in [-0.3, -0.25) is 29.3 Å². The summed E-state index contributed by atoms with van der Waals surface area (Å²) in [6.07, 6.45) is -5.57. The lowest BCUT2D eigenvalue weighted by Crippen LogP contribution is -2.42. The minimum Gasteiger partial charge on any atom is -0.324 e. The number of alkyl halides is 5. The van der Waals surface area contributed by atoms with Crippen LogP contribution in [-0.2, 0) is 27.3 Å². The van der Waals surface area contributed by atoms with Gasteiger partial charge in [0.15, 0.2) is 0 Å². The van der Waals surface area contributed by atoms with Gasteiger partial charge in [-0.2, -0.15) is 13.2 Å². The molecule has 2 atom stereocenters. The highest BCUT2D eigenvalue weighted by Crippen LogP contribution is 2.63. The van der Waals surface area contributed by atoms with E-state index in [2.05, 4.69) is 15.3 Å². The van der Waals surface area contributed by atoms with Crippen molar-refractivity contribution in [1.29, 1.82) is 0 Å². The van der Waals surface area contributed by atoms with Crippen molar-refractivity contribution in [3.05, 3.63) is 40.7 Å². The second kappa shape index (κ2) is 9.01. The number of imide groups is 1. The van der Waals surface area contributed by atoms with E-state index >= 15 is 0 Å². The van der Waals surface area contributed by atoms with Gasteiger partial charge in [-0.05, 0) is 30.5 Å². The Morgan fingerprint density at radius 2 is 1.78 bits per heavy atom. The molecule has 6 rings (SSSR count). The maximum absolute atomic E-state index is 13.4. The van der Waals surface area contributed by atoms with Gasteiger partial charge in [-0.15, -0.1) is 11.3 Å². The molecular formula is C28H25F5N4O3S. The summed E-state index contributed by atoms with van der Waals surface area (Å²) in [4.78, 5) is 48.8. The molecule has 0 aromatic carbocycles. The molecule has 7 nitrogen and oxygen atoms in total. The molecule has 2 saturated carbocycles. The standard InChI is InChI=1S/C28H25F5N4O3S/c1-12-21(36-23(38)13-8-27(29,30)9-13)17(6-14(35-12)10-28(31,32)33)16-4-5-34-18-7-15(41-22(16)18)11-37-24(39)19-20(25(37)40)26(19,2)3/h4-7,13,19-20H,8-11H2,1-3H3,(H,36,38). The van der Waals surface area contributed by atoms with Crippen molar-refractivity contribution in [2.24, 2.45) is 23.2 Å². The highest BCUT2D eigenvalue weighted by atomic mass is 32.1. The Labute approximate surface area is 235 Å². The minimum atomic E-state index is -4.53. The largest absolute Gasteiger partial charge is 0.394 e. The molecule has 4 heterocycles. The van der Waals surface area contributed by atoms with Crippen molar-refractivity contribution in [3.8, 4) is 11.1 Å². The summed E-state index contributed by atoms with van der Waals surface area (Å²) in [6.45, 7) is 5.28. The van der Waals surface area contributed by atoms with Crippen LogP contribution in [0.4, 0.5) is 27.6 Å². The Kier molecular flexibility index (Phi) is 6.08. The third kappa shape index (κ3) is 4.77. The number of pyridine rings is 2. The molecule has 216 valence electrons. The number of piperidine rings is 1. The van der Waals surface area contributed by atoms with Gasteiger partial charge in [-0.1, -0.05) is 13.8 Å². The molecule has 3 aromatic rings. The third-order valence-corrected chi connectivity index (χ3v) is 9.44. The number of thiophene rings is 1. The van der Waals surface area contributed by atoms with E-state index in [0.717, 1.165) is 0 Å². The number of fused-ring (bicyclic) bond motifs is 2. The Morgan fingerprint density at radius 3 is 2.39 bits per heavy atom. The van der Waals surface area contributed by atoms with Crippen LogP contribution in [0.3, 0.4) is 0 Å². The van der Waals surface area contributed by atoms with Crippen LogP contribution in [0.5, 0.6) is 0 Å². The number of hydrogen-bond donors (Lipinski definition) is 1. The molecule has 1 N–H and O–H groups in total. The van der Waals surface area contributed by atoms with Crippen LogP contribution in [0, 0.1) is 30.1 Å². The molecule has 1 saturated heterocycles. The maximum Gasteiger partial charge on any atom is 0.394 e. The van der Waals surface area contributed by atoms with Crippen molar-refractivity contribution in [3.63, 3.8) is 0 Å². The summed E-state index contributed by atoms with van der Waals surface area (Å²) < 4.78 is 67.3. The summed E-state index contributed by atoms with van der Waals surface area (Å²) in [7, 11) is 0. The van der Waals surface area contributed by atoms with Gasteiger partial charge in [0.2, 0.25) is 23.6 Å². The van der Waals surface area contributed by atoms with Crippen LogP contribution in [0.1, 0.15) is 43.0 Å². The van der Waals surface area contributed by atoms with Gasteiger partial charge in [0, 0.05) is 41.0 Å². The number of rotatable bonds is 6. The number of halogens is 5. The lowest BCUT2D eigenvalue weighted by atomic mass is 9.80. The van der Waals surface area contributed by atoms with Crippen LogP contribution >= 0.6 is 11.3 Å². The van der Waals surface area contributed by atoms with E-state index in [1.165, 1.54) is 35.4 Å². The molecular weight excluding hydrogens is 567 g/mol. The smallest absolute Gasteiger partial charge is 0.324 e. The molecule has 0 radical (unpaired) electrons. The highest BCUT2D eigenvalue weighted by Gasteiger charge is 2.72. The third-order valence-electron chi connectivity index (χ3n) is 8.30. The number of carbonyl (C=O) groups excluding carboxylic acids is 3. The number of hydrogen-bond acceptors (Lipinski definition) is 6. The molecule has 3 fully saturated rings. The summed E-state index contributed by atoms with van der Waals surface area (Å²) in [5.74, 6) is -5.60. The van der Waals surface area contributed by atoms with E-state index in [9.17, 15) is 36.3 Å². The predicted octanol–water partition coefficient (Wildman–Crippen LogP) is 5.90. The zero-order chi connectivity index (χ0) is 29.6. The van der Waals surface area contributed by atoms with Gasteiger partial charge < -0.3 is 5.32 Å². The Hall–Kier alpha value is -3.48. The Morgan fingerprint density at radius 1 is 1.12 bits per heavy atom. The first kappa shape index (κ1) is 27.7. The normalized spacial score (nSPS) is 23.1. The molecule has 2 unspecified atom stereocenters. The number of nitrogens with zero attached hydrogens (tertiary/aromatic N) is 3. The highest BCUT2D eigenvalue weighted by molar-refractivity contribution is 7.19. The van der Waals surface area contributed by atoms with Crippen molar-refractivity contribution < 1.29 is 36.3 Å². The summed E-state index contributed by atoms with van der Waals surface area (Å²) in [5.41, 5.74) is 0.822. The second-order valence-electron chi connectivity index (χ2n) is 11.7. The Bertz CT molecular complexity index is 1600. The SMILES string of the molecule is Cc1nc(CC(F)(F)F)cc(-c2ccnc3cc(CN4C(=O)C5C(C4=O)C5(C)C)sc23)c1NC(=O)C1CC(F)(F)C1. The number of carbonyl (C=O) groups is 3. The molecule has 1 aliphatic heterocycles. The number of anilines is 1. The summed E-state index contributed by atoms with van der Waals surface area (Å²) in [5, 5.41) is 2.64. The zero-order valence-corrected chi connectivity index (χ0v) is 23.1. The van der Waals surface area contributed by atoms with Gasteiger partial charge in [0.1, 0.15) is 0 Å². The maximum atomic E-state index is 13.4. The topological polar surface area (TPSA) is 92.3 Å². The van der Waals surface area contributed by atoms with Crippen molar-refractivity contribution in [1.82, 2.24) is 14.9 Å². The van der Waals surface area contributed by atoms with E-state index in [1.807, 2.05) is 13.8 Å². The number of likely N-dealkylation sites (tertiary alicyclic amines) is 1. The number of aromatic nitrogens is 2. The molecule has 0 spiro atoms. The van der Waals surface area contributed by atoms with Crippen molar-refractivity contribution in [2.45, 2.75) is 58.7 Å². The van der Waals surface area contributed by atoms with Gasteiger partial charge >= 0.3 is 6.18 Å².